The largest absolute Gasteiger partial charge is 0.373 e. The summed E-state index contributed by atoms with van der Waals surface area (Å²) in [6.45, 7) is 1.62. The quantitative estimate of drug-likeness (QED) is 0.565. The molecule has 33 heavy (non-hydrogen) atoms. The van der Waals surface area contributed by atoms with E-state index in [1.165, 1.54) is 12.4 Å². The molecule has 2 heterocycles. The zero-order valence-electron chi connectivity index (χ0n) is 18.1. The number of nitrogens with one attached hydrogen (secondary N) is 2. The van der Waals surface area contributed by atoms with Gasteiger partial charge in [-0.05, 0) is 48.7 Å². The summed E-state index contributed by atoms with van der Waals surface area (Å²) in [4.78, 5) is 26.8. The van der Waals surface area contributed by atoms with Crippen molar-refractivity contribution in [1.29, 1.82) is 0 Å². The van der Waals surface area contributed by atoms with Crippen molar-refractivity contribution in [3.8, 4) is 0 Å². The number of benzene rings is 2. The first kappa shape index (κ1) is 22.5. The van der Waals surface area contributed by atoms with Crippen molar-refractivity contribution >= 4 is 23.5 Å². The molecule has 0 saturated carbocycles. The maximum Gasteiger partial charge on any atom is 0.251 e. The third-order valence-electron chi connectivity index (χ3n) is 5.36. The Labute approximate surface area is 190 Å². The van der Waals surface area contributed by atoms with E-state index in [2.05, 4.69) is 25.6 Å². The standard InChI is InChI=1S/C23H24F2N6O2/c1-26-21(32)16-3-2-4-17(12-16)29-22-27-14-28-23(30-22)31-9-7-18(8-10-31)33-13-15-5-6-19(24)20(25)11-15/h2-6,11-12,14,18H,7-10,13H2,1H3,(H,26,32)(H,27,28,29,30). The molecule has 1 aliphatic rings. The molecule has 0 spiro atoms. The first-order valence-corrected chi connectivity index (χ1v) is 10.6. The number of hydrogen-bond donors (Lipinski definition) is 2. The lowest BCUT2D eigenvalue weighted by molar-refractivity contribution is 0.0248. The summed E-state index contributed by atoms with van der Waals surface area (Å²) in [5.41, 5.74) is 1.82. The Morgan fingerprint density at radius 1 is 1.12 bits per heavy atom. The highest BCUT2D eigenvalue weighted by atomic mass is 19.2. The van der Waals surface area contributed by atoms with Crippen LogP contribution in [0.2, 0.25) is 0 Å². The fraction of sp³-hybridized carbons (Fsp3) is 0.304. The number of carbonyl (C=O) groups excluding carboxylic acids is 1. The third-order valence-corrected chi connectivity index (χ3v) is 5.36. The Kier molecular flexibility index (Phi) is 7.04. The number of anilines is 3. The second kappa shape index (κ2) is 10.3. The van der Waals surface area contributed by atoms with E-state index in [9.17, 15) is 13.6 Å². The predicted molar refractivity (Wildman–Crippen MR) is 119 cm³/mol. The number of halogens is 2. The van der Waals surface area contributed by atoms with Gasteiger partial charge in [-0.2, -0.15) is 4.98 Å². The molecule has 2 N–H and O–H groups in total. The average Bonchev–Trinajstić information content (AvgIpc) is 2.85. The minimum absolute atomic E-state index is 0.0150. The molecule has 8 nitrogen and oxygen atoms in total. The summed E-state index contributed by atoms with van der Waals surface area (Å²) in [5.74, 6) is -0.979. The Hall–Kier alpha value is -3.66. The number of rotatable bonds is 7. The molecule has 0 atom stereocenters. The fourth-order valence-corrected chi connectivity index (χ4v) is 3.58. The van der Waals surface area contributed by atoms with Crippen LogP contribution in [0.1, 0.15) is 28.8 Å². The van der Waals surface area contributed by atoms with Crippen LogP contribution in [0.5, 0.6) is 0 Å². The van der Waals surface area contributed by atoms with E-state index in [-0.39, 0.29) is 18.6 Å². The van der Waals surface area contributed by atoms with Gasteiger partial charge in [0, 0.05) is 31.4 Å². The van der Waals surface area contributed by atoms with Gasteiger partial charge in [0.2, 0.25) is 11.9 Å². The summed E-state index contributed by atoms with van der Waals surface area (Å²) >= 11 is 0. The molecule has 4 rings (SSSR count). The molecule has 2 aromatic carbocycles. The van der Waals surface area contributed by atoms with E-state index < -0.39 is 11.6 Å². The lowest BCUT2D eigenvalue weighted by atomic mass is 10.1. The Balaban J connectivity index is 1.32. The molecule has 1 fully saturated rings. The fourth-order valence-electron chi connectivity index (χ4n) is 3.58. The normalized spacial score (nSPS) is 14.2. The van der Waals surface area contributed by atoms with Crippen LogP contribution in [0.4, 0.5) is 26.4 Å². The van der Waals surface area contributed by atoms with Gasteiger partial charge in [-0.25, -0.2) is 18.7 Å². The zero-order chi connectivity index (χ0) is 23.2. The molecule has 1 saturated heterocycles. The third kappa shape index (κ3) is 5.78. The van der Waals surface area contributed by atoms with E-state index in [0.29, 0.717) is 41.8 Å². The molecule has 3 aromatic rings. The number of piperidine rings is 1. The molecular weight excluding hydrogens is 430 g/mol. The van der Waals surface area contributed by atoms with Gasteiger partial charge in [-0.15, -0.1) is 0 Å². The van der Waals surface area contributed by atoms with Crippen molar-refractivity contribution in [3.63, 3.8) is 0 Å². The van der Waals surface area contributed by atoms with Gasteiger partial charge in [-0.1, -0.05) is 12.1 Å². The smallest absolute Gasteiger partial charge is 0.251 e. The Bertz CT molecular complexity index is 1120. The van der Waals surface area contributed by atoms with Gasteiger partial charge in [0.15, 0.2) is 11.6 Å². The Morgan fingerprint density at radius 3 is 2.70 bits per heavy atom. The second-order valence-corrected chi connectivity index (χ2v) is 7.64. The van der Waals surface area contributed by atoms with Crippen molar-refractivity contribution in [2.75, 3.05) is 30.4 Å². The highest BCUT2D eigenvalue weighted by Gasteiger charge is 2.22. The van der Waals surface area contributed by atoms with Crippen LogP contribution in [0, 0.1) is 11.6 Å². The van der Waals surface area contributed by atoms with Crippen molar-refractivity contribution in [2.24, 2.45) is 0 Å². The lowest BCUT2D eigenvalue weighted by Gasteiger charge is -2.31. The Morgan fingerprint density at radius 2 is 1.94 bits per heavy atom. The highest BCUT2D eigenvalue weighted by Crippen LogP contribution is 2.21. The number of carbonyl (C=O) groups is 1. The van der Waals surface area contributed by atoms with Crippen LogP contribution < -0.4 is 15.5 Å². The second-order valence-electron chi connectivity index (χ2n) is 7.64. The van der Waals surface area contributed by atoms with Gasteiger partial charge < -0.3 is 20.3 Å². The van der Waals surface area contributed by atoms with E-state index in [1.54, 1.807) is 25.2 Å². The molecule has 1 aliphatic heterocycles. The maximum absolute atomic E-state index is 13.3. The van der Waals surface area contributed by atoms with Crippen LogP contribution in [0.25, 0.3) is 0 Å². The monoisotopic (exact) mass is 454 g/mol. The van der Waals surface area contributed by atoms with Gasteiger partial charge in [0.05, 0.1) is 12.7 Å². The molecule has 172 valence electrons. The number of hydrogen-bond acceptors (Lipinski definition) is 7. The number of amides is 1. The van der Waals surface area contributed by atoms with Gasteiger partial charge >= 0.3 is 0 Å². The van der Waals surface area contributed by atoms with Crippen LogP contribution >= 0.6 is 0 Å². The first-order valence-electron chi connectivity index (χ1n) is 10.6. The van der Waals surface area contributed by atoms with Crippen LogP contribution in [0.3, 0.4) is 0 Å². The summed E-state index contributed by atoms with van der Waals surface area (Å²) in [7, 11) is 1.58. The molecule has 10 heteroatoms. The van der Waals surface area contributed by atoms with Crippen LogP contribution in [-0.4, -0.2) is 47.1 Å². The van der Waals surface area contributed by atoms with Gasteiger partial charge in [0.25, 0.3) is 5.91 Å². The maximum atomic E-state index is 13.3. The van der Waals surface area contributed by atoms with E-state index >= 15 is 0 Å². The molecule has 0 radical (unpaired) electrons. The summed E-state index contributed by atoms with van der Waals surface area (Å²) < 4.78 is 32.3. The minimum Gasteiger partial charge on any atom is -0.373 e. The lowest BCUT2D eigenvalue weighted by Crippen LogP contribution is -2.38. The van der Waals surface area contributed by atoms with Gasteiger partial charge in [-0.3, -0.25) is 4.79 Å². The highest BCUT2D eigenvalue weighted by molar-refractivity contribution is 5.95. The van der Waals surface area contributed by atoms with E-state index in [4.69, 9.17) is 4.74 Å². The van der Waals surface area contributed by atoms with Crippen molar-refractivity contribution < 1.29 is 18.3 Å². The van der Waals surface area contributed by atoms with Crippen LogP contribution in [0.15, 0.2) is 48.8 Å². The van der Waals surface area contributed by atoms with Crippen molar-refractivity contribution in [1.82, 2.24) is 20.3 Å². The van der Waals surface area contributed by atoms with Crippen molar-refractivity contribution in [2.45, 2.75) is 25.6 Å². The molecule has 0 aliphatic carbocycles. The number of ether oxygens (including phenoxy) is 1. The SMILES string of the molecule is CNC(=O)c1cccc(Nc2ncnc(N3CCC(OCc4ccc(F)c(F)c4)CC3)n2)c1. The predicted octanol–water partition coefficient (Wildman–Crippen LogP) is 3.44. The summed E-state index contributed by atoms with van der Waals surface area (Å²) in [6.07, 6.45) is 2.97. The molecule has 1 amide bonds. The van der Waals surface area contributed by atoms with E-state index in [0.717, 1.165) is 25.0 Å². The van der Waals surface area contributed by atoms with E-state index in [1.807, 2.05) is 11.0 Å². The van der Waals surface area contributed by atoms with Gasteiger partial charge in [0.1, 0.15) is 6.33 Å². The topological polar surface area (TPSA) is 92.3 Å². The molecular formula is C23H24F2N6O2. The van der Waals surface area contributed by atoms with Crippen LogP contribution in [-0.2, 0) is 11.3 Å². The first-order chi connectivity index (χ1) is 16.0. The zero-order valence-corrected chi connectivity index (χ0v) is 18.1. The molecule has 0 bridgehead atoms. The number of aromatic nitrogens is 3. The summed E-state index contributed by atoms with van der Waals surface area (Å²) in [5, 5.41) is 5.70. The average molecular weight is 454 g/mol. The van der Waals surface area contributed by atoms with Crippen molar-refractivity contribution in [3.05, 3.63) is 71.6 Å². The minimum atomic E-state index is -0.870. The number of nitrogens with zero attached hydrogens (tertiary/aromatic N) is 4. The molecule has 0 unspecified atom stereocenters. The molecule has 1 aromatic heterocycles. The summed E-state index contributed by atoms with van der Waals surface area (Å²) in [6, 6.07) is 10.8.